The van der Waals surface area contributed by atoms with Gasteiger partial charge < -0.3 is 9.67 Å². The lowest BCUT2D eigenvalue weighted by molar-refractivity contribution is 0.211. The number of hydrogen-bond donors (Lipinski definition) is 1. The van der Waals surface area contributed by atoms with E-state index < -0.39 is 6.10 Å². The van der Waals surface area contributed by atoms with Crippen LogP contribution in [-0.4, -0.2) is 14.7 Å². The van der Waals surface area contributed by atoms with Crippen LogP contribution in [0.3, 0.4) is 0 Å². The summed E-state index contributed by atoms with van der Waals surface area (Å²) >= 11 is 0. The molecular weight excluding hydrogens is 176 g/mol. The van der Waals surface area contributed by atoms with Gasteiger partial charge in [-0.25, -0.2) is 4.98 Å². The Bertz CT molecular complexity index is 408. The number of aromatic nitrogens is 2. The summed E-state index contributed by atoms with van der Waals surface area (Å²) in [4.78, 5) is 3.97. The van der Waals surface area contributed by atoms with Crippen molar-refractivity contribution in [2.75, 3.05) is 0 Å². The van der Waals surface area contributed by atoms with Gasteiger partial charge in [0.25, 0.3) is 0 Å². The highest BCUT2D eigenvalue weighted by molar-refractivity contribution is 5.24. The third-order valence-corrected chi connectivity index (χ3v) is 2.25. The predicted molar refractivity (Wildman–Crippen MR) is 53.7 cm³/mol. The van der Waals surface area contributed by atoms with Gasteiger partial charge in [0, 0.05) is 7.05 Å². The van der Waals surface area contributed by atoms with Gasteiger partial charge in [-0.3, -0.25) is 0 Å². The summed E-state index contributed by atoms with van der Waals surface area (Å²) in [7, 11) is 1.87. The van der Waals surface area contributed by atoms with E-state index >= 15 is 0 Å². The van der Waals surface area contributed by atoms with Crippen molar-refractivity contribution in [1.29, 1.82) is 0 Å². The van der Waals surface area contributed by atoms with E-state index in [0.717, 1.165) is 11.3 Å². The number of nitrogens with zero attached hydrogens (tertiary/aromatic N) is 2. The minimum Gasteiger partial charge on any atom is -0.382 e. The van der Waals surface area contributed by atoms with Gasteiger partial charge in [-0.15, -0.1) is 0 Å². The Kier molecular flexibility index (Phi) is 2.33. The van der Waals surface area contributed by atoms with Crippen molar-refractivity contribution < 1.29 is 5.11 Å². The number of aliphatic hydroxyl groups is 1. The molecule has 3 heteroatoms. The van der Waals surface area contributed by atoms with E-state index in [0.29, 0.717) is 0 Å². The molecule has 0 radical (unpaired) electrons. The van der Waals surface area contributed by atoms with Gasteiger partial charge in [-0.1, -0.05) is 30.3 Å². The molecule has 0 saturated heterocycles. The monoisotopic (exact) mass is 188 g/mol. The number of aryl methyl sites for hydroxylation is 1. The first-order valence-electron chi connectivity index (χ1n) is 4.48. The standard InChI is InChI=1S/C11H12N2O/c1-13-8-12-7-10(13)11(14)9-5-3-2-4-6-9/h2-8,11,14H,1H3. The summed E-state index contributed by atoms with van der Waals surface area (Å²) in [5, 5.41) is 10.0. The third kappa shape index (κ3) is 1.54. The molecule has 1 N–H and O–H groups in total. The molecule has 0 fully saturated rings. The van der Waals surface area contributed by atoms with Crippen LogP contribution >= 0.6 is 0 Å². The van der Waals surface area contributed by atoms with Gasteiger partial charge >= 0.3 is 0 Å². The van der Waals surface area contributed by atoms with Crippen LogP contribution in [0.1, 0.15) is 17.4 Å². The van der Waals surface area contributed by atoms with Crippen molar-refractivity contribution in [2.24, 2.45) is 7.05 Å². The van der Waals surface area contributed by atoms with Crippen molar-refractivity contribution in [3.8, 4) is 0 Å². The Hall–Kier alpha value is -1.61. The maximum atomic E-state index is 10.0. The van der Waals surface area contributed by atoms with Crippen molar-refractivity contribution in [1.82, 2.24) is 9.55 Å². The average Bonchev–Trinajstić information content (AvgIpc) is 2.65. The molecule has 1 unspecified atom stereocenters. The zero-order valence-corrected chi connectivity index (χ0v) is 7.96. The van der Waals surface area contributed by atoms with E-state index in [4.69, 9.17) is 0 Å². The topological polar surface area (TPSA) is 38.0 Å². The Morgan fingerprint density at radius 2 is 2.00 bits per heavy atom. The summed E-state index contributed by atoms with van der Waals surface area (Å²) in [6.45, 7) is 0. The molecule has 0 aliphatic carbocycles. The van der Waals surface area contributed by atoms with Crippen LogP contribution in [-0.2, 0) is 7.05 Å². The fourth-order valence-electron chi connectivity index (χ4n) is 1.44. The van der Waals surface area contributed by atoms with Crippen LogP contribution in [0.25, 0.3) is 0 Å². The maximum Gasteiger partial charge on any atom is 0.121 e. The third-order valence-electron chi connectivity index (χ3n) is 2.25. The Balaban J connectivity index is 2.34. The normalized spacial score (nSPS) is 12.7. The molecule has 14 heavy (non-hydrogen) atoms. The van der Waals surface area contributed by atoms with Gasteiger partial charge in [-0.05, 0) is 5.56 Å². The molecule has 0 aliphatic heterocycles. The molecule has 0 bridgehead atoms. The lowest BCUT2D eigenvalue weighted by atomic mass is 10.1. The molecule has 0 amide bonds. The summed E-state index contributed by atoms with van der Waals surface area (Å²) in [6, 6.07) is 9.55. The lowest BCUT2D eigenvalue weighted by Gasteiger charge is -2.10. The van der Waals surface area contributed by atoms with Gasteiger partial charge in [0.05, 0.1) is 18.2 Å². The van der Waals surface area contributed by atoms with Crippen LogP contribution in [0.2, 0.25) is 0 Å². The highest BCUT2D eigenvalue weighted by atomic mass is 16.3. The molecule has 0 aliphatic rings. The van der Waals surface area contributed by atoms with Gasteiger partial charge in [0.1, 0.15) is 6.10 Å². The molecule has 2 aromatic rings. The Labute approximate surface area is 82.7 Å². The molecule has 2 rings (SSSR count). The molecule has 1 aromatic carbocycles. The van der Waals surface area contributed by atoms with Crippen LogP contribution in [0, 0.1) is 0 Å². The first kappa shape index (κ1) is 8.97. The van der Waals surface area contributed by atoms with Gasteiger partial charge in [-0.2, -0.15) is 0 Å². The highest BCUT2D eigenvalue weighted by Gasteiger charge is 2.12. The molecule has 1 heterocycles. The second-order valence-electron chi connectivity index (χ2n) is 3.24. The fraction of sp³-hybridized carbons (Fsp3) is 0.182. The molecule has 1 aromatic heterocycles. The molecule has 72 valence electrons. The quantitative estimate of drug-likeness (QED) is 0.775. The van der Waals surface area contributed by atoms with E-state index in [1.54, 1.807) is 12.5 Å². The predicted octanol–water partition coefficient (Wildman–Crippen LogP) is 1.50. The highest BCUT2D eigenvalue weighted by Crippen LogP contribution is 2.20. The van der Waals surface area contributed by atoms with Crippen molar-refractivity contribution in [3.63, 3.8) is 0 Å². The smallest absolute Gasteiger partial charge is 0.121 e. The lowest BCUT2D eigenvalue weighted by Crippen LogP contribution is -2.04. The van der Waals surface area contributed by atoms with E-state index in [-0.39, 0.29) is 0 Å². The molecule has 0 saturated carbocycles. The van der Waals surface area contributed by atoms with Crippen molar-refractivity contribution in [3.05, 3.63) is 54.1 Å². The number of imidazole rings is 1. The van der Waals surface area contributed by atoms with E-state index in [1.807, 2.05) is 41.9 Å². The van der Waals surface area contributed by atoms with Gasteiger partial charge in [0.15, 0.2) is 0 Å². The first-order chi connectivity index (χ1) is 6.79. The molecule has 3 nitrogen and oxygen atoms in total. The summed E-state index contributed by atoms with van der Waals surface area (Å²) in [5.74, 6) is 0. The summed E-state index contributed by atoms with van der Waals surface area (Å²) in [6.07, 6.45) is 2.77. The average molecular weight is 188 g/mol. The van der Waals surface area contributed by atoms with Crippen LogP contribution in [0.5, 0.6) is 0 Å². The van der Waals surface area contributed by atoms with Crippen LogP contribution in [0.4, 0.5) is 0 Å². The van der Waals surface area contributed by atoms with Crippen molar-refractivity contribution >= 4 is 0 Å². The molecule has 0 spiro atoms. The first-order valence-corrected chi connectivity index (χ1v) is 4.48. The molecular formula is C11H12N2O. The second-order valence-corrected chi connectivity index (χ2v) is 3.24. The minimum atomic E-state index is -0.594. The number of hydrogen-bond acceptors (Lipinski definition) is 2. The zero-order valence-electron chi connectivity index (χ0n) is 7.96. The SMILES string of the molecule is Cn1cncc1C(O)c1ccccc1. The largest absolute Gasteiger partial charge is 0.382 e. The Morgan fingerprint density at radius 3 is 2.57 bits per heavy atom. The maximum absolute atomic E-state index is 10.0. The number of aliphatic hydroxyl groups excluding tert-OH is 1. The zero-order chi connectivity index (χ0) is 9.97. The van der Waals surface area contributed by atoms with Crippen LogP contribution in [0.15, 0.2) is 42.9 Å². The van der Waals surface area contributed by atoms with Crippen molar-refractivity contribution in [2.45, 2.75) is 6.10 Å². The second kappa shape index (κ2) is 3.64. The van der Waals surface area contributed by atoms with Gasteiger partial charge in [0.2, 0.25) is 0 Å². The fourth-order valence-corrected chi connectivity index (χ4v) is 1.44. The Morgan fingerprint density at radius 1 is 1.29 bits per heavy atom. The summed E-state index contributed by atoms with van der Waals surface area (Å²) in [5.41, 5.74) is 1.69. The van der Waals surface area contributed by atoms with E-state index in [1.165, 1.54) is 0 Å². The number of rotatable bonds is 2. The van der Waals surface area contributed by atoms with E-state index in [2.05, 4.69) is 4.98 Å². The molecule has 1 atom stereocenters. The summed E-state index contributed by atoms with van der Waals surface area (Å²) < 4.78 is 1.82. The van der Waals surface area contributed by atoms with Crippen LogP contribution < -0.4 is 0 Å². The minimum absolute atomic E-state index is 0.594. The van der Waals surface area contributed by atoms with E-state index in [9.17, 15) is 5.11 Å². The number of benzene rings is 1.